The van der Waals surface area contributed by atoms with Gasteiger partial charge in [-0.15, -0.1) is 0 Å². The fourth-order valence-electron chi connectivity index (χ4n) is 0.725. The molecular weight excluding hydrogens is 120 g/mol. The zero-order chi connectivity index (χ0) is 6.85. The van der Waals surface area contributed by atoms with Crippen LogP contribution in [0.15, 0.2) is 0 Å². The Hall–Kier alpha value is -0.570. The molecule has 1 N–H and O–H groups in total. The van der Waals surface area contributed by atoms with Crippen LogP contribution < -0.4 is 0 Å². The van der Waals surface area contributed by atoms with Crippen LogP contribution in [-0.4, -0.2) is 24.3 Å². The summed E-state index contributed by atoms with van der Waals surface area (Å²) in [7, 11) is 1.29. The summed E-state index contributed by atoms with van der Waals surface area (Å²) in [6, 6.07) is 0. The standard InChI is InChI=1S/C6H10O3/c1-9-6(8)5(7)4-2-3-4/h4-5,7H,2-3H2,1H3/t5-/m0/s1. The maximum Gasteiger partial charge on any atom is 0.334 e. The monoisotopic (exact) mass is 130 g/mol. The fraction of sp³-hybridized carbons (Fsp3) is 0.833. The van der Waals surface area contributed by atoms with Crippen molar-refractivity contribution in [2.24, 2.45) is 5.92 Å². The number of aliphatic hydroxyl groups excluding tert-OH is 1. The van der Waals surface area contributed by atoms with Crippen molar-refractivity contribution in [2.45, 2.75) is 18.9 Å². The van der Waals surface area contributed by atoms with Gasteiger partial charge in [0.2, 0.25) is 0 Å². The van der Waals surface area contributed by atoms with Crippen LogP contribution in [0.1, 0.15) is 12.8 Å². The molecule has 0 radical (unpaired) electrons. The van der Waals surface area contributed by atoms with Crippen LogP contribution in [-0.2, 0) is 9.53 Å². The topological polar surface area (TPSA) is 46.5 Å². The Labute approximate surface area is 53.6 Å². The second-order valence-corrected chi connectivity index (χ2v) is 2.31. The first kappa shape index (κ1) is 6.55. The Morgan fingerprint density at radius 2 is 2.33 bits per heavy atom. The first-order valence-corrected chi connectivity index (χ1v) is 3.01. The molecule has 0 unspecified atom stereocenters. The molecule has 3 nitrogen and oxygen atoms in total. The number of ether oxygens (including phenoxy) is 1. The van der Waals surface area contributed by atoms with Crippen LogP contribution in [0, 0.1) is 5.92 Å². The zero-order valence-electron chi connectivity index (χ0n) is 5.33. The van der Waals surface area contributed by atoms with Gasteiger partial charge < -0.3 is 9.84 Å². The molecule has 3 heteroatoms. The summed E-state index contributed by atoms with van der Waals surface area (Å²) in [6.45, 7) is 0. The summed E-state index contributed by atoms with van der Waals surface area (Å²) in [6.07, 6.45) is 1.04. The number of hydrogen-bond acceptors (Lipinski definition) is 3. The minimum absolute atomic E-state index is 0.178. The lowest BCUT2D eigenvalue weighted by molar-refractivity contribution is -0.151. The number of carbonyl (C=O) groups excluding carboxylic acids is 1. The molecule has 1 aliphatic rings. The first-order valence-electron chi connectivity index (χ1n) is 3.01. The molecule has 0 aliphatic heterocycles. The zero-order valence-corrected chi connectivity index (χ0v) is 5.33. The smallest absolute Gasteiger partial charge is 0.334 e. The lowest BCUT2D eigenvalue weighted by Gasteiger charge is -2.03. The quantitative estimate of drug-likeness (QED) is 0.532. The molecule has 0 aromatic carbocycles. The number of carbonyl (C=O) groups is 1. The molecule has 1 atom stereocenters. The number of aliphatic hydroxyl groups is 1. The van der Waals surface area contributed by atoms with Crippen LogP contribution >= 0.6 is 0 Å². The predicted octanol–water partition coefficient (Wildman–Crippen LogP) is -0.0697. The largest absolute Gasteiger partial charge is 0.467 e. The van der Waals surface area contributed by atoms with E-state index < -0.39 is 12.1 Å². The highest BCUT2D eigenvalue weighted by molar-refractivity contribution is 5.74. The van der Waals surface area contributed by atoms with Crippen molar-refractivity contribution in [3.05, 3.63) is 0 Å². The molecule has 1 rings (SSSR count). The van der Waals surface area contributed by atoms with E-state index in [1.165, 1.54) is 7.11 Å². The van der Waals surface area contributed by atoms with Gasteiger partial charge in [-0.2, -0.15) is 0 Å². The Bertz CT molecular complexity index is 117. The van der Waals surface area contributed by atoms with E-state index in [-0.39, 0.29) is 5.92 Å². The summed E-state index contributed by atoms with van der Waals surface area (Å²) in [5, 5.41) is 8.98. The van der Waals surface area contributed by atoms with Gasteiger partial charge in [0.25, 0.3) is 0 Å². The lowest BCUT2D eigenvalue weighted by Crippen LogP contribution is -2.23. The van der Waals surface area contributed by atoms with Crippen molar-refractivity contribution >= 4 is 5.97 Å². The normalized spacial score (nSPS) is 21.1. The molecular formula is C6H10O3. The first-order chi connectivity index (χ1) is 4.25. The summed E-state index contributed by atoms with van der Waals surface area (Å²) >= 11 is 0. The molecule has 1 fully saturated rings. The molecule has 52 valence electrons. The molecule has 0 aromatic heterocycles. The number of hydrogen-bond donors (Lipinski definition) is 1. The van der Waals surface area contributed by atoms with E-state index in [1.54, 1.807) is 0 Å². The SMILES string of the molecule is COC(=O)[C@@H](O)C1CC1. The summed E-state index contributed by atoms with van der Waals surface area (Å²) in [5.74, 6) is -0.324. The lowest BCUT2D eigenvalue weighted by atomic mass is 10.2. The van der Waals surface area contributed by atoms with Crippen molar-refractivity contribution in [2.75, 3.05) is 7.11 Å². The third-order valence-corrected chi connectivity index (χ3v) is 1.51. The van der Waals surface area contributed by atoms with Gasteiger partial charge in [0.1, 0.15) is 0 Å². The van der Waals surface area contributed by atoms with E-state index in [2.05, 4.69) is 4.74 Å². The highest BCUT2D eigenvalue weighted by atomic mass is 16.5. The minimum atomic E-state index is -0.866. The van der Waals surface area contributed by atoms with Crippen LogP contribution in [0.25, 0.3) is 0 Å². The van der Waals surface area contributed by atoms with Crippen molar-refractivity contribution in [1.29, 1.82) is 0 Å². The average molecular weight is 130 g/mol. The van der Waals surface area contributed by atoms with Gasteiger partial charge in [0.15, 0.2) is 6.10 Å². The molecule has 0 saturated heterocycles. The minimum Gasteiger partial charge on any atom is -0.467 e. The molecule has 0 bridgehead atoms. The van der Waals surface area contributed by atoms with Crippen molar-refractivity contribution in [1.82, 2.24) is 0 Å². The molecule has 1 aliphatic carbocycles. The molecule has 0 aromatic rings. The van der Waals surface area contributed by atoms with E-state index in [1.807, 2.05) is 0 Å². The second kappa shape index (κ2) is 2.35. The molecule has 9 heavy (non-hydrogen) atoms. The summed E-state index contributed by atoms with van der Waals surface area (Å²) in [4.78, 5) is 10.5. The fourth-order valence-corrected chi connectivity index (χ4v) is 0.725. The maximum atomic E-state index is 10.5. The van der Waals surface area contributed by atoms with E-state index in [4.69, 9.17) is 5.11 Å². The number of methoxy groups -OCH3 is 1. The van der Waals surface area contributed by atoms with Crippen LogP contribution in [0.5, 0.6) is 0 Å². The van der Waals surface area contributed by atoms with Gasteiger partial charge in [-0.05, 0) is 18.8 Å². The van der Waals surface area contributed by atoms with Gasteiger partial charge in [0.05, 0.1) is 7.11 Å². The van der Waals surface area contributed by atoms with Gasteiger partial charge >= 0.3 is 5.97 Å². The Kier molecular flexibility index (Phi) is 1.71. The molecule has 0 heterocycles. The van der Waals surface area contributed by atoms with Crippen LogP contribution in [0.4, 0.5) is 0 Å². The predicted molar refractivity (Wildman–Crippen MR) is 30.7 cm³/mol. The third-order valence-electron chi connectivity index (χ3n) is 1.51. The van der Waals surface area contributed by atoms with Crippen molar-refractivity contribution < 1.29 is 14.6 Å². The van der Waals surface area contributed by atoms with Gasteiger partial charge in [0, 0.05) is 0 Å². The molecule has 1 saturated carbocycles. The Balaban J connectivity index is 2.30. The van der Waals surface area contributed by atoms with E-state index in [0.717, 1.165) is 12.8 Å². The van der Waals surface area contributed by atoms with Gasteiger partial charge in [-0.1, -0.05) is 0 Å². The number of rotatable bonds is 2. The third kappa shape index (κ3) is 1.42. The van der Waals surface area contributed by atoms with E-state index in [9.17, 15) is 4.79 Å². The van der Waals surface area contributed by atoms with Crippen LogP contribution in [0.3, 0.4) is 0 Å². The van der Waals surface area contributed by atoms with Crippen LogP contribution in [0.2, 0.25) is 0 Å². The highest BCUT2D eigenvalue weighted by Crippen LogP contribution is 2.32. The van der Waals surface area contributed by atoms with Crippen molar-refractivity contribution in [3.63, 3.8) is 0 Å². The maximum absolute atomic E-state index is 10.5. The summed E-state index contributed by atoms with van der Waals surface area (Å²) < 4.78 is 4.32. The molecule has 0 spiro atoms. The van der Waals surface area contributed by atoms with Crippen molar-refractivity contribution in [3.8, 4) is 0 Å². The highest BCUT2D eigenvalue weighted by Gasteiger charge is 2.35. The summed E-state index contributed by atoms with van der Waals surface area (Å²) in [5.41, 5.74) is 0. The Morgan fingerprint density at radius 3 is 2.67 bits per heavy atom. The molecule has 0 amide bonds. The van der Waals surface area contributed by atoms with E-state index in [0.29, 0.717) is 0 Å². The van der Waals surface area contributed by atoms with Gasteiger partial charge in [-0.3, -0.25) is 0 Å². The average Bonchev–Trinajstić information content (AvgIpc) is 2.66. The number of esters is 1. The second-order valence-electron chi connectivity index (χ2n) is 2.31. The Morgan fingerprint density at radius 1 is 1.78 bits per heavy atom. The van der Waals surface area contributed by atoms with Gasteiger partial charge in [-0.25, -0.2) is 4.79 Å². The van der Waals surface area contributed by atoms with E-state index >= 15 is 0 Å².